The van der Waals surface area contributed by atoms with Crippen LogP contribution in [-0.4, -0.2) is 15.0 Å². The van der Waals surface area contributed by atoms with Gasteiger partial charge in [-0.2, -0.15) is 0 Å². The SMILES string of the molecule is Cl.Cl.Cn1nnc2cc(CN)ccc21. The summed E-state index contributed by atoms with van der Waals surface area (Å²) in [6.45, 7) is 0.548. The molecule has 0 aliphatic heterocycles. The first-order valence-corrected chi connectivity index (χ1v) is 3.79. The maximum atomic E-state index is 5.49. The van der Waals surface area contributed by atoms with Crippen LogP contribution in [0.5, 0.6) is 0 Å². The fraction of sp³-hybridized carbons (Fsp3) is 0.250. The number of hydrogen-bond donors (Lipinski definition) is 1. The van der Waals surface area contributed by atoms with Gasteiger partial charge < -0.3 is 5.73 Å². The van der Waals surface area contributed by atoms with Gasteiger partial charge in [-0.15, -0.1) is 29.9 Å². The molecule has 1 aromatic heterocycles. The smallest absolute Gasteiger partial charge is 0.113 e. The summed E-state index contributed by atoms with van der Waals surface area (Å²) in [7, 11) is 1.87. The summed E-state index contributed by atoms with van der Waals surface area (Å²) < 4.78 is 1.75. The Morgan fingerprint density at radius 3 is 2.71 bits per heavy atom. The topological polar surface area (TPSA) is 56.7 Å². The zero-order valence-corrected chi connectivity index (χ0v) is 9.31. The van der Waals surface area contributed by atoms with Gasteiger partial charge in [0.1, 0.15) is 5.52 Å². The molecule has 0 spiro atoms. The molecule has 78 valence electrons. The molecule has 0 saturated heterocycles. The van der Waals surface area contributed by atoms with Crippen molar-refractivity contribution in [2.75, 3.05) is 0 Å². The molecule has 0 saturated carbocycles. The maximum Gasteiger partial charge on any atom is 0.113 e. The molecule has 4 nitrogen and oxygen atoms in total. The van der Waals surface area contributed by atoms with Crippen LogP contribution in [0.3, 0.4) is 0 Å². The zero-order valence-electron chi connectivity index (χ0n) is 7.67. The molecule has 1 aromatic carbocycles. The monoisotopic (exact) mass is 234 g/mol. The normalized spacial score (nSPS) is 9.29. The summed E-state index contributed by atoms with van der Waals surface area (Å²) in [5, 5.41) is 7.88. The van der Waals surface area contributed by atoms with Gasteiger partial charge in [0.15, 0.2) is 0 Å². The molecule has 2 rings (SSSR count). The van der Waals surface area contributed by atoms with Crippen LogP contribution in [0.2, 0.25) is 0 Å². The van der Waals surface area contributed by atoms with Crippen molar-refractivity contribution < 1.29 is 0 Å². The van der Waals surface area contributed by atoms with E-state index < -0.39 is 0 Å². The molecule has 14 heavy (non-hydrogen) atoms. The third kappa shape index (κ3) is 2.15. The number of aryl methyl sites for hydroxylation is 1. The number of nitrogens with zero attached hydrogens (tertiary/aromatic N) is 3. The number of hydrogen-bond acceptors (Lipinski definition) is 3. The van der Waals surface area contributed by atoms with E-state index in [9.17, 15) is 0 Å². The van der Waals surface area contributed by atoms with Gasteiger partial charge in [-0.25, -0.2) is 4.68 Å². The Bertz CT molecular complexity index is 413. The van der Waals surface area contributed by atoms with E-state index in [-0.39, 0.29) is 24.8 Å². The van der Waals surface area contributed by atoms with Gasteiger partial charge in [-0.1, -0.05) is 11.3 Å². The minimum atomic E-state index is 0. The van der Waals surface area contributed by atoms with Crippen LogP contribution in [0, 0.1) is 0 Å². The van der Waals surface area contributed by atoms with Crippen molar-refractivity contribution in [3.63, 3.8) is 0 Å². The lowest BCUT2D eigenvalue weighted by Crippen LogP contribution is -1.95. The van der Waals surface area contributed by atoms with Gasteiger partial charge in [0.05, 0.1) is 5.52 Å². The van der Waals surface area contributed by atoms with E-state index in [0.717, 1.165) is 16.6 Å². The maximum absolute atomic E-state index is 5.49. The Labute approximate surface area is 94.3 Å². The molecule has 0 unspecified atom stereocenters. The Morgan fingerprint density at radius 2 is 2.07 bits per heavy atom. The Hall–Kier alpha value is -0.840. The highest BCUT2D eigenvalue weighted by Gasteiger charge is 2.00. The van der Waals surface area contributed by atoms with Crippen molar-refractivity contribution in [2.45, 2.75) is 6.54 Å². The summed E-state index contributed by atoms with van der Waals surface area (Å²) in [4.78, 5) is 0. The van der Waals surface area contributed by atoms with E-state index in [1.807, 2.05) is 25.2 Å². The molecule has 0 aliphatic carbocycles. The fourth-order valence-electron chi connectivity index (χ4n) is 1.21. The van der Waals surface area contributed by atoms with Crippen LogP contribution in [-0.2, 0) is 13.6 Å². The highest BCUT2D eigenvalue weighted by Crippen LogP contribution is 2.11. The summed E-state index contributed by atoms with van der Waals surface area (Å²) in [6, 6.07) is 5.94. The first kappa shape index (κ1) is 13.2. The molecule has 2 aromatic rings. The molecule has 0 fully saturated rings. The number of rotatable bonds is 1. The lowest BCUT2D eigenvalue weighted by atomic mass is 10.2. The molecule has 0 aliphatic rings. The minimum Gasteiger partial charge on any atom is -0.326 e. The molecular weight excluding hydrogens is 223 g/mol. The highest BCUT2D eigenvalue weighted by molar-refractivity contribution is 5.85. The predicted octanol–water partition coefficient (Wildman–Crippen LogP) is 1.27. The van der Waals surface area contributed by atoms with Gasteiger partial charge in [0, 0.05) is 13.6 Å². The average Bonchev–Trinajstić information content (AvgIpc) is 2.47. The lowest BCUT2D eigenvalue weighted by molar-refractivity contribution is 0.736. The molecule has 0 atom stereocenters. The highest BCUT2D eigenvalue weighted by atomic mass is 35.5. The predicted molar refractivity (Wildman–Crippen MR) is 60.9 cm³/mol. The van der Waals surface area contributed by atoms with E-state index in [4.69, 9.17) is 5.73 Å². The molecule has 0 radical (unpaired) electrons. The van der Waals surface area contributed by atoms with Crippen molar-refractivity contribution in [3.05, 3.63) is 23.8 Å². The average molecular weight is 235 g/mol. The second kappa shape index (κ2) is 5.14. The van der Waals surface area contributed by atoms with Gasteiger partial charge in [-0.3, -0.25) is 0 Å². The second-order valence-electron chi connectivity index (χ2n) is 2.74. The minimum absolute atomic E-state index is 0. The van der Waals surface area contributed by atoms with Crippen LogP contribution in [0.15, 0.2) is 18.2 Å². The number of nitrogens with two attached hydrogens (primary N) is 1. The zero-order chi connectivity index (χ0) is 8.55. The Morgan fingerprint density at radius 1 is 1.36 bits per heavy atom. The molecular formula is C8H12Cl2N4. The summed E-state index contributed by atoms with van der Waals surface area (Å²) in [6.07, 6.45) is 0. The summed E-state index contributed by atoms with van der Waals surface area (Å²) in [5.41, 5.74) is 8.52. The molecule has 0 bridgehead atoms. The number of halogens is 2. The first-order chi connectivity index (χ1) is 5.81. The largest absolute Gasteiger partial charge is 0.326 e. The van der Waals surface area contributed by atoms with Gasteiger partial charge in [-0.05, 0) is 17.7 Å². The Balaban J connectivity index is 0.000000845. The van der Waals surface area contributed by atoms with Crippen LogP contribution >= 0.6 is 24.8 Å². The van der Waals surface area contributed by atoms with Crippen LogP contribution in [0.25, 0.3) is 11.0 Å². The van der Waals surface area contributed by atoms with E-state index in [0.29, 0.717) is 6.54 Å². The van der Waals surface area contributed by atoms with Crippen molar-refractivity contribution in [2.24, 2.45) is 12.8 Å². The quantitative estimate of drug-likeness (QED) is 0.809. The van der Waals surface area contributed by atoms with Crippen molar-refractivity contribution in [1.82, 2.24) is 15.0 Å². The summed E-state index contributed by atoms with van der Waals surface area (Å²) >= 11 is 0. The molecule has 6 heteroatoms. The van der Waals surface area contributed by atoms with Gasteiger partial charge >= 0.3 is 0 Å². The molecule has 1 heterocycles. The standard InChI is InChI=1S/C8H10N4.2ClH/c1-12-8-3-2-6(5-9)4-7(8)10-11-12;;/h2-4H,5,9H2,1H3;2*1H. The van der Waals surface area contributed by atoms with E-state index >= 15 is 0 Å². The Kier molecular flexibility index (Phi) is 4.83. The number of fused-ring (bicyclic) bond motifs is 1. The second-order valence-corrected chi connectivity index (χ2v) is 2.74. The van der Waals surface area contributed by atoms with Crippen LogP contribution < -0.4 is 5.73 Å². The van der Waals surface area contributed by atoms with Crippen LogP contribution in [0.4, 0.5) is 0 Å². The van der Waals surface area contributed by atoms with E-state index in [1.54, 1.807) is 4.68 Å². The first-order valence-electron chi connectivity index (χ1n) is 3.79. The third-order valence-electron chi connectivity index (χ3n) is 1.91. The number of benzene rings is 1. The van der Waals surface area contributed by atoms with E-state index in [2.05, 4.69) is 10.3 Å². The van der Waals surface area contributed by atoms with Crippen molar-refractivity contribution in [1.29, 1.82) is 0 Å². The van der Waals surface area contributed by atoms with Crippen molar-refractivity contribution >= 4 is 35.8 Å². The number of aromatic nitrogens is 3. The lowest BCUT2D eigenvalue weighted by Gasteiger charge is -1.95. The third-order valence-corrected chi connectivity index (χ3v) is 1.91. The van der Waals surface area contributed by atoms with Crippen LogP contribution in [0.1, 0.15) is 5.56 Å². The van der Waals surface area contributed by atoms with Crippen molar-refractivity contribution in [3.8, 4) is 0 Å². The molecule has 0 amide bonds. The summed E-state index contributed by atoms with van der Waals surface area (Å²) in [5.74, 6) is 0. The molecule has 2 N–H and O–H groups in total. The van der Waals surface area contributed by atoms with Gasteiger partial charge in [0.2, 0.25) is 0 Å². The van der Waals surface area contributed by atoms with Gasteiger partial charge in [0.25, 0.3) is 0 Å². The van der Waals surface area contributed by atoms with E-state index in [1.165, 1.54) is 0 Å². The fourth-order valence-corrected chi connectivity index (χ4v) is 1.21.